The molecule has 1 aliphatic heterocycles. The Morgan fingerprint density at radius 1 is 1.08 bits per heavy atom. The number of carboxylic acids is 1. The summed E-state index contributed by atoms with van der Waals surface area (Å²) < 4.78 is 112. The monoisotopic (exact) mass is 560 g/mol. The minimum Gasteiger partial charge on any atom is -0.493 e. The standard InChI is InChI=1S/C20H19F5N2O4.C2HF3O2/c1-10-14(12-4-5-13(21)15(22)16(12)30-3)17(31-19(10,2)20(23,24)25)18(28)26-11-6-8-27(29)9-7-11;3-2(4,5)1(6)7/h4-10,14,17,29H,1-3H3;(H,6,7)/t10-,14-,17+,19+;/m0./s1. The summed E-state index contributed by atoms with van der Waals surface area (Å²) in [5.41, 5.74) is -2.90. The van der Waals surface area contributed by atoms with E-state index in [2.05, 4.69) is 4.99 Å². The van der Waals surface area contributed by atoms with Crippen LogP contribution in [0.2, 0.25) is 0 Å². The van der Waals surface area contributed by atoms with Crippen molar-refractivity contribution in [1.82, 2.24) is 4.73 Å². The minimum atomic E-state index is -5.08. The molecule has 0 saturated carbocycles. The van der Waals surface area contributed by atoms with Gasteiger partial charge >= 0.3 is 18.3 Å². The van der Waals surface area contributed by atoms with Crippen LogP contribution in [0.3, 0.4) is 0 Å². The van der Waals surface area contributed by atoms with Crippen molar-refractivity contribution >= 4 is 11.9 Å². The number of hydrogen-bond donors (Lipinski definition) is 2. The first-order valence-corrected chi connectivity index (χ1v) is 10.4. The normalized spacial score (nSPS) is 23.3. The molecule has 1 amide bonds. The summed E-state index contributed by atoms with van der Waals surface area (Å²) in [4.78, 5) is 25.5. The molecule has 2 aromatic rings. The first-order chi connectivity index (χ1) is 17.3. The van der Waals surface area contributed by atoms with Crippen molar-refractivity contribution in [3.8, 4) is 5.75 Å². The molecule has 1 saturated heterocycles. The molecule has 38 heavy (non-hydrogen) atoms. The van der Waals surface area contributed by atoms with Crippen LogP contribution in [0.5, 0.6) is 5.75 Å². The summed E-state index contributed by atoms with van der Waals surface area (Å²) >= 11 is 0. The first kappa shape index (κ1) is 30.5. The van der Waals surface area contributed by atoms with Crippen LogP contribution in [0.4, 0.5) is 35.1 Å². The Morgan fingerprint density at radius 2 is 1.61 bits per heavy atom. The zero-order chi connectivity index (χ0) is 29.2. The van der Waals surface area contributed by atoms with Gasteiger partial charge < -0.3 is 19.8 Å². The Morgan fingerprint density at radius 3 is 2.05 bits per heavy atom. The second-order valence-electron chi connectivity index (χ2n) is 8.13. The highest BCUT2D eigenvalue weighted by Gasteiger charge is 2.65. The van der Waals surface area contributed by atoms with E-state index < -0.39 is 65.2 Å². The van der Waals surface area contributed by atoms with Crippen molar-refractivity contribution < 1.29 is 64.5 Å². The molecule has 8 nitrogen and oxygen atoms in total. The summed E-state index contributed by atoms with van der Waals surface area (Å²) in [7, 11) is 1.04. The average Bonchev–Trinajstić information content (AvgIpc) is 3.09. The smallest absolute Gasteiger partial charge is 0.490 e. The summed E-state index contributed by atoms with van der Waals surface area (Å²) in [6, 6.07) is 4.33. The average molecular weight is 560 g/mol. The van der Waals surface area contributed by atoms with E-state index in [1.165, 1.54) is 31.5 Å². The molecule has 1 aromatic heterocycles. The third-order valence-corrected chi connectivity index (χ3v) is 5.83. The molecular weight excluding hydrogens is 540 g/mol. The number of carbonyl (C=O) groups excluding carboxylic acids is 1. The van der Waals surface area contributed by atoms with Gasteiger partial charge in [0.15, 0.2) is 17.2 Å². The lowest BCUT2D eigenvalue weighted by atomic mass is 9.77. The molecule has 2 N–H and O–H groups in total. The van der Waals surface area contributed by atoms with Gasteiger partial charge in [-0.25, -0.2) is 18.9 Å². The van der Waals surface area contributed by atoms with Crippen molar-refractivity contribution in [2.75, 3.05) is 7.11 Å². The molecular formula is C22H20F8N2O6. The zero-order valence-electron chi connectivity index (χ0n) is 19.6. The third-order valence-electron chi connectivity index (χ3n) is 5.83. The van der Waals surface area contributed by atoms with Gasteiger partial charge in [-0.1, -0.05) is 13.0 Å². The van der Waals surface area contributed by atoms with E-state index >= 15 is 0 Å². The number of ether oxygens (including phenoxy) is 2. The Labute approximate surface area is 208 Å². The zero-order valence-corrected chi connectivity index (χ0v) is 19.6. The van der Waals surface area contributed by atoms with Gasteiger partial charge in [0, 0.05) is 29.8 Å². The number of pyridine rings is 1. The number of carbonyl (C=O) groups is 2. The maximum Gasteiger partial charge on any atom is 0.490 e. The molecule has 0 bridgehead atoms. The molecule has 4 atom stereocenters. The lowest BCUT2D eigenvalue weighted by Gasteiger charge is -2.32. The van der Waals surface area contributed by atoms with E-state index in [-0.39, 0.29) is 10.9 Å². The number of benzene rings is 1. The number of aliphatic carboxylic acids is 1. The van der Waals surface area contributed by atoms with Crippen molar-refractivity contribution in [3.05, 3.63) is 59.2 Å². The number of nitrogens with zero attached hydrogens (tertiary/aromatic N) is 2. The van der Waals surface area contributed by atoms with Crippen molar-refractivity contribution in [2.45, 2.75) is 43.8 Å². The molecule has 1 aromatic carbocycles. The number of carboxylic acid groups (broad SMARTS) is 1. The predicted octanol–water partition coefficient (Wildman–Crippen LogP) is 4.21. The molecule has 210 valence electrons. The highest BCUT2D eigenvalue weighted by Crippen LogP contribution is 2.55. The quantitative estimate of drug-likeness (QED) is 0.430. The molecule has 0 aliphatic carbocycles. The second kappa shape index (κ2) is 11.0. The third kappa shape index (κ3) is 6.23. The van der Waals surface area contributed by atoms with E-state index in [1.54, 1.807) is 0 Å². The van der Waals surface area contributed by atoms with Crippen LogP contribution in [-0.2, 0) is 14.3 Å². The molecule has 3 rings (SSSR count). The minimum absolute atomic E-state index is 0.0585. The van der Waals surface area contributed by atoms with E-state index in [4.69, 9.17) is 19.4 Å². The molecule has 0 unspecified atom stereocenters. The van der Waals surface area contributed by atoms with Gasteiger partial charge in [-0.15, -0.1) is 0 Å². The van der Waals surface area contributed by atoms with Crippen LogP contribution < -0.4 is 10.1 Å². The number of amides is 1. The predicted molar refractivity (Wildman–Crippen MR) is 110 cm³/mol. The topological polar surface area (TPSA) is 110 Å². The van der Waals surface area contributed by atoms with Gasteiger partial charge in [-0.2, -0.15) is 30.7 Å². The largest absolute Gasteiger partial charge is 0.493 e. The number of aromatic nitrogens is 1. The number of rotatable bonds is 3. The Kier molecular flexibility index (Phi) is 8.81. The van der Waals surface area contributed by atoms with Crippen LogP contribution >= 0.6 is 0 Å². The van der Waals surface area contributed by atoms with Gasteiger partial charge in [0.2, 0.25) is 5.82 Å². The van der Waals surface area contributed by atoms with Crippen LogP contribution in [0.25, 0.3) is 0 Å². The van der Waals surface area contributed by atoms with Crippen LogP contribution in [0.15, 0.2) is 41.7 Å². The number of hydrogen-bond acceptors (Lipinski definition) is 5. The van der Waals surface area contributed by atoms with Gasteiger partial charge in [-0.3, -0.25) is 4.79 Å². The van der Waals surface area contributed by atoms with Crippen LogP contribution in [0.1, 0.15) is 25.3 Å². The van der Waals surface area contributed by atoms with Crippen molar-refractivity contribution in [2.24, 2.45) is 10.9 Å². The van der Waals surface area contributed by atoms with E-state index in [1.807, 2.05) is 0 Å². The number of alkyl halides is 6. The van der Waals surface area contributed by atoms with Gasteiger partial charge in [0.1, 0.15) is 6.10 Å². The molecule has 0 spiro atoms. The fourth-order valence-electron chi connectivity index (χ4n) is 3.70. The highest BCUT2D eigenvalue weighted by molar-refractivity contribution is 5.83. The highest BCUT2D eigenvalue weighted by atomic mass is 19.4. The molecule has 1 fully saturated rings. The first-order valence-electron chi connectivity index (χ1n) is 10.4. The summed E-state index contributed by atoms with van der Waals surface area (Å²) in [5.74, 6) is -9.75. The lowest BCUT2D eigenvalue weighted by molar-refractivity contribution is -0.272. The second-order valence-corrected chi connectivity index (χ2v) is 8.13. The van der Waals surface area contributed by atoms with Gasteiger partial charge in [0.25, 0.3) is 5.91 Å². The van der Waals surface area contributed by atoms with Crippen LogP contribution in [0, 0.1) is 17.6 Å². The van der Waals surface area contributed by atoms with Crippen LogP contribution in [-0.4, -0.2) is 58.1 Å². The molecule has 16 heteroatoms. The van der Waals surface area contributed by atoms with Crippen molar-refractivity contribution in [3.63, 3.8) is 0 Å². The van der Waals surface area contributed by atoms with E-state index in [9.17, 15) is 45.1 Å². The summed E-state index contributed by atoms with van der Waals surface area (Å²) in [6.07, 6.45) is -9.36. The molecule has 2 heterocycles. The maximum atomic E-state index is 14.3. The fraction of sp³-hybridized carbons (Fsp3) is 0.409. The Balaban J connectivity index is 0.000000638. The fourth-order valence-corrected chi connectivity index (χ4v) is 3.70. The number of methoxy groups -OCH3 is 1. The molecule has 1 aliphatic rings. The van der Waals surface area contributed by atoms with Gasteiger partial charge in [0.05, 0.1) is 12.5 Å². The van der Waals surface area contributed by atoms with Crippen molar-refractivity contribution in [1.29, 1.82) is 0 Å². The SMILES string of the molecule is COc1c([C@H]2[C@H](C(=O)N=c3ccn(O)cc3)O[C@@](C)(C(F)(F)F)[C@H]2C)ccc(F)c1F.O=C(O)C(F)(F)F. The summed E-state index contributed by atoms with van der Waals surface area (Å²) in [6.45, 7) is 2.00. The number of halogens is 8. The van der Waals surface area contributed by atoms with Gasteiger partial charge in [-0.05, 0) is 25.1 Å². The van der Waals surface area contributed by atoms with E-state index in [0.29, 0.717) is 4.73 Å². The Bertz CT molecular complexity index is 1240. The lowest BCUT2D eigenvalue weighted by Crippen LogP contribution is -2.47. The maximum absolute atomic E-state index is 14.3. The summed E-state index contributed by atoms with van der Waals surface area (Å²) in [5, 5.41) is 16.4. The van der Waals surface area contributed by atoms with E-state index in [0.717, 1.165) is 26.2 Å². The Hall–Kier alpha value is -3.69. The molecule has 0 radical (unpaired) electrons.